The van der Waals surface area contributed by atoms with Crippen LogP contribution in [0.1, 0.15) is 38.8 Å². The molecule has 0 saturated heterocycles. The summed E-state index contributed by atoms with van der Waals surface area (Å²) in [5, 5.41) is 12.4. The van der Waals surface area contributed by atoms with E-state index in [9.17, 15) is 19.1 Å². The van der Waals surface area contributed by atoms with E-state index >= 15 is 0 Å². The molecule has 3 aromatic rings. The van der Waals surface area contributed by atoms with Gasteiger partial charge in [0.25, 0.3) is 0 Å². The maximum atomic E-state index is 13.1. The molecule has 0 spiro atoms. The summed E-state index contributed by atoms with van der Waals surface area (Å²) >= 11 is 0. The van der Waals surface area contributed by atoms with Gasteiger partial charge in [-0.1, -0.05) is 42.5 Å². The summed E-state index contributed by atoms with van der Waals surface area (Å²) in [6, 6.07) is 17.8. The number of Topliss-reactive ketones (excluding diaryl/α,β-unsaturated/α-hetero) is 1. The van der Waals surface area contributed by atoms with E-state index in [-0.39, 0.29) is 17.2 Å². The number of nitrogens with one attached hydrogen (secondary N) is 1. The van der Waals surface area contributed by atoms with E-state index in [0.717, 1.165) is 11.1 Å². The van der Waals surface area contributed by atoms with Crippen molar-refractivity contribution in [3.63, 3.8) is 0 Å². The van der Waals surface area contributed by atoms with E-state index in [0.29, 0.717) is 16.9 Å². The number of anilines is 2. The molecule has 3 rings (SSSR count). The van der Waals surface area contributed by atoms with Gasteiger partial charge in [-0.2, -0.15) is 0 Å². The maximum Gasteiger partial charge on any atom is 0.337 e. The summed E-state index contributed by atoms with van der Waals surface area (Å²) in [5.74, 6) is -1.41. The zero-order chi connectivity index (χ0) is 20.1. The third-order valence-electron chi connectivity index (χ3n) is 4.18. The molecule has 140 valence electrons. The second kappa shape index (κ2) is 8.31. The van der Waals surface area contributed by atoms with Crippen molar-refractivity contribution in [2.75, 3.05) is 5.32 Å². The van der Waals surface area contributed by atoms with Gasteiger partial charge in [0, 0.05) is 11.3 Å². The molecule has 0 aliphatic rings. The molecule has 0 aromatic heterocycles. The normalized spacial score (nSPS) is 10.8. The fourth-order valence-electron chi connectivity index (χ4n) is 2.67. The molecular weight excluding hydrogens is 357 g/mol. The Balaban J connectivity index is 1.86. The van der Waals surface area contributed by atoms with Crippen molar-refractivity contribution in [2.45, 2.75) is 6.92 Å². The fraction of sp³-hybridized carbons (Fsp3) is 0.0435. The molecule has 0 aliphatic heterocycles. The molecule has 0 radical (unpaired) electrons. The first kappa shape index (κ1) is 19.0. The minimum absolute atomic E-state index is 0.0105. The third kappa shape index (κ3) is 4.71. The van der Waals surface area contributed by atoms with E-state index in [4.69, 9.17) is 0 Å². The highest BCUT2D eigenvalue weighted by molar-refractivity contribution is 5.96. The van der Waals surface area contributed by atoms with Crippen LogP contribution in [0.3, 0.4) is 0 Å². The summed E-state index contributed by atoms with van der Waals surface area (Å²) in [6.07, 6.45) is 3.73. The molecule has 0 unspecified atom stereocenters. The average Bonchev–Trinajstić information content (AvgIpc) is 2.68. The van der Waals surface area contributed by atoms with Crippen LogP contribution in [0.15, 0.2) is 66.7 Å². The van der Waals surface area contributed by atoms with Gasteiger partial charge in [-0.3, -0.25) is 4.79 Å². The van der Waals surface area contributed by atoms with Gasteiger partial charge in [0.05, 0.1) is 11.3 Å². The quantitative estimate of drug-likeness (QED) is 0.432. The van der Waals surface area contributed by atoms with Gasteiger partial charge in [-0.25, -0.2) is 9.18 Å². The second-order valence-electron chi connectivity index (χ2n) is 6.25. The van der Waals surface area contributed by atoms with E-state index in [1.54, 1.807) is 36.4 Å². The van der Waals surface area contributed by atoms with Crippen LogP contribution >= 0.6 is 0 Å². The van der Waals surface area contributed by atoms with Crippen LogP contribution in [0.25, 0.3) is 12.2 Å². The SMILES string of the molecule is CC(=O)c1ccc(C=Cc2ccc(C(=O)O)c(Nc3ccc(F)cc3)c2)cc1. The lowest BCUT2D eigenvalue weighted by Gasteiger charge is -2.11. The molecule has 0 heterocycles. The lowest BCUT2D eigenvalue weighted by atomic mass is 10.1. The predicted octanol–water partition coefficient (Wildman–Crippen LogP) is 5.64. The van der Waals surface area contributed by atoms with Crippen LogP contribution in [0, 0.1) is 5.82 Å². The van der Waals surface area contributed by atoms with E-state index in [2.05, 4.69) is 5.32 Å². The summed E-state index contributed by atoms with van der Waals surface area (Å²) < 4.78 is 13.1. The van der Waals surface area contributed by atoms with E-state index in [1.807, 2.05) is 24.3 Å². The predicted molar refractivity (Wildman–Crippen MR) is 108 cm³/mol. The molecule has 0 amide bonds. The maximum absolute atomic E-state index is 13.1. The largest absolute Gasteiger partial charge is 0.478 e. The van der Waals surface area contributed by atoms with Gasteiger partial charge in [-0.15, -0.1) is 0 Å². The number of carbonyl (C=O) groups excluding carboxylic acids is 1. The van der Waals surface area contributed by atoms with Gasteiger partial charge in [0.2, 0.25) is 0 Å². The molecule has 0 atom stereocenters. The topological polar surface area (TPSA) is 66.4 Å². The molecule has 0 bridgehead atoms. The van der Waals surface area contributed by atoms with E-state index < -0.39 is 5.97 Å². The first-order chi connectivity index (χ1) is 13.4. The van der Waals surface area contributed by atoms with Crippen molar-refractivity contribution in [3.8, 4) is 0 Å². The number of rotatable bonds is 6. The van der Waals surface area contributed by atoms with Gasteiger partial charge >= 0.3 is 5.97 Å². The Hall–Kier alpha value is -3.73. The van der Waals surface area contributed by atoms with Gasteiger partial charge in [0.15, 0.2) is 5.78 Å². The molecule has 3 aromatic carbocycles. The van der Waals surface area contributed by atoms with Crippen LogP contribution in [0.2, 0.25) is 0 Å². The van der Waals surface area contributed by atoms with Crippen LogP contribution < -0.4 is 5.32 Å². The molecule has 5 heteroatoms. The Morgan fingerprint density at radius 2 is 1.50 bits per heavy atom. The summed E-state index contributed by atoms with van der Waals surface area (Å²) in [6.45, 7) is 1.52. The highest BCUT2D eigenvalue weighted by Crippen LogP contribution is 2.24. The van der Waals surface area contributed by atoms with Crippen molar-refractivity contribution in [1.29, 1.82) is 0 Å². The lowest BCUT2D eigenvalue weighted by Crippen LogP contribution is -2.03. The Bertz CT molecular complexity index is 1040. The smallest absolute Gasteiger partial charge is 0.337 e. The standard InChI is InChI=1S/C23H18FNO3/c1-15(26)18-7-4-16(5-8-18)2-3-17-6-13-21(23(27)28)22(14-17)25-20-11-9-19(24)10-12-20/h2-14,25H,1H3,(H,27,28). The summed E-state index contributed by atoms with van der Waals surface area (Å²) in [4.78, 5) is 22.8. The Morgan fingerprint density at radius 1 is 0.893 bits per heavy atom. The van der Waals surface area contributed by atoms with Crippen LogP contribution in [-0.4, -0.2) is 16.9 Å². The first-order valence-corrected chi connectivity index (χ1v) is 8.61. The molecular formula is C23H18FNO3. The summed E-state index contributed by atoms with van der Waals surface area (Å²) in [5.41, 5.74) is 3.48. The first-order valence-electron chi connectivity index (χ1n) is 8.61. The molecule has 4 nitrogen and oxygen atoms in total. The summed E-state index contributed by atoms with van der Waals surface area (Å²) in [7, 11) is 0. The van der Waals surface area contributed by atoms with Crippen molar-refractivity contribution in [3.05, 3.63) is 94.8 Å². The average molecular weight is 375 g/mol. The molecule has 0 aliphatic carbocycles. The van der Waals surface area contributed by atoms with Crippen molar-refractivity contribution in [2.24, 2.45) is 0 Å². The number of carboxylic acid groups (broad SMARTS) is 1. The molecule has 28 heavy (non-hydrogen) atoms. The monoisotopic (exact) mass is 375 g/mol. The number of halogens is 1. The van der Waals surface area contributed by atoms with Gasteiger partial charge in [0.1, 0.15) is 5.82 Å². The third-order valence-corrected chi connectivity index (χ3v) is 4.18. The molecule has 0 fully saturated rings. The molecule has 2 N–H and O–H groups in total. The van der Waals surface area contributed by atoms with E-state index in [1.165, 1.54) is 25.1 Å². The highest BCUT2D eigenvalue weighted by atomic mass is 19.1. The minimum Gasteiger partial charge on any atom is -0.478 e. The highest BCUT2D eigenvalue weighted by Gasteiger charge is 2.10. The van der Waals surface area contributed by atoms with Crippen LogP contribution in [0.5, 0.6) is 0 Å². The number of aromatic carboxylic acids is 1. The zero-order valence-corrected chi connectivity index (χ0v) is 15.1. The van der Waals surface area contributed by atoms with Gasteiger partial charge in [-0.05, 0) is 54.4 Å². The number of ketones is 1. The number of hydrogen-bond donors (Lipinski definition) is 2. The second-order valence-corrected chi connectivity index (χ2v) is 6.25. The Morgan fingerprint density at radius 3 is 2.11 bits per heavy atom. The Kier molecular flexibility index (Phi) is 5.65. The van der Waals surface area contributed by atoms with Crippen LogP contribution in [0.4, 0.5) is 15.8 Å². The Labute approximate surface area is 162 Å². The lowest BCUT2D eigenvalue weighted by molar-refractivity contribution is 0.0697. The zero-order valence-electron chi connectivity index (χ0n) is 15.1. The van der Waals surface area contributed by atoms with Crippen molar-refractivity contribution >= 4 is 35.3 Å². The minimum atomic E-state index is -1.06. The van der Waals surface area contributed by atoms with Crippen molar-refractivity contribution in [1.82, 2.24) is 0 Å². The molecule has 0 saturated carbocycles. The number of carboxylic acids is 1. The number of hydrogen-bond acceptors (Lipinski definition) is 3. The van der Waals surface area contributed by atoms with Crippen molar-refractivity contribution < 1.29 is 19.1 Å². The fourth-order valence-corrected chi connectivity index (χ4v) is 2.67. The van der Waals surface area contributed by atoms with Gasteiger partial charge < -0.3 is 10.4 Å². The number of carbonyl (C=O) groups is 2. The number of benzene rings is 3. The van der Waals surface area contributed by atoms with Crippen LogP contribution in [-0.2, 0) is 0 Å².